The Morgan fingerprint density at radius 3 is 2.61 bits per heavy atom. The van der Waals surface area contributed by atoms with Crippen LogP contribution in [-0.4, -0.2) is 35.4 Å². The predicted octanol–water partition coefficient (Wildman–Crippen LogP) is 5.75. The van der Waals surface area contributed by atoms with E-state index in [0.29, 0.717) is 36.2 Å². The third-order valence-electron chi connectivity index (χ3n) is 7.00. The molecule has 1 atom stereocenters. The van der Waals surface area contributed by atoms with Crippen molar-refractivity contribution in [3.8, 4) is 16.9 Å². The van der Waals surface area contributed by atoms with Gasteiger partial charge in [-0.2, -0.15) is 0 Å². The van der Waals surface area contributed by atoms with Crippen LogP contribution in [0.3, 0.4) is 0 Å². The van der Waals surface area contributed by atoms with Crippen molar-refractivity contribution in [1.82, 2.24) is 24.1 Å². The largest absolute Gasteiger partial charge is 0.440 e. The van der Waals surface area contributed by atoms with E-state index in [-0.39, 0.29) is 11.6 Å². The molecule has 0 fully saturated rings. The molecule has 0 saturated carbocycles. The molecule has 0 saturated heterocycles. The highest BCUT2D eigenvalue weighted by Crippen LogP contribution is 2.35. The first-order valence-electron chi connectivity index (χ1n) is 13.0. The number of hydrogen-bond donors (Lipinski definition) is 0. The van der Waals surface area contributed by atoms with E-state index >= 15 is 0 Å². The number of nitro groups is 1. The van der Waals surface area contributed by atoms with E-state index in [1.165, 1.54) is 23.1 Å². The van der Waals surface area contributed by atoms with Gasteiger partial charge in [-0.3, -0.25) is 24.8 Å². The molecule has 1 unspecified atom stereocenters. The summed E-state index contributed by atoms with van der Waals surface area (Å²) in [5.41, 5.74) is 4.01. The van der Waals surface area contributed by atoms with E-state index < -0.39 is 11.0 Å². The summed E-state index contributed by atoms with van der Waals surface area (Å²) in [6.07, 6.45) is 9.95. The number of rotatable bonds is 10. The summed E-state index contributed by atoms with van der Waals surface area (Å²) in [5.74, 6) is 0.915. The van der Waals surface area contributed by atoms with Crippen molar-refractivity contribution in [2.75, 3.05) is 4.90 Å². The monoisotopic (exact) mass is 547 g/mol. The van der Waals surface area contributed by atoms with E-state index in [1.54, 1.807) is 24.8 Å². The number of amides is 1. The van der Waals surface area contributed by atoms with E-state index in [1.807, 2.05) is 66.3 Å². The topological polar surface area (TPSA) is 125 Å². The Bertz CT molecular complexity index is 1810. The maximum atomic E-state index is 12.7. The van der Waals surface area contributed by atoms with Crippen LogP contribution < -0.4 is 4.90 Å². The summed E-state index contributed by atoms with van der Waals surface area (Å²) in [7, 11) is 0. The van der Waals surface area contributed by atoms with Gasteiger partial charge in [-0.1, -0.05) is 18.2 Å². The Morgan fingerprint density at radius 1 is 1.07 bits per heavy atom. The first-order valence-corrected chi connectivity index (χ1v) is 13.0. The van der Waals surface area contributed by atoms with Crippen molar-refractivity contribution in [3.05, 3.63) is 119 Å². The Labute approximate surface area is 234 Å². The molecule has 0 bridgehead atoms. The highest BCUT2D eigenvalue weighted by Gasteiger charge is 2.29. The normalized spacial score (nSPS) is 11.9. The van der Waals surface area contributed by atoms with E-state index in [0.717, 1.165) is 22.6 Å². The molecule has 11 heteroatoms. The SMILES string of the molecule is CCn1c(-c2ccc(-n3ccnc3)cc2)cnc1C(Cc1ccccn1)N(C=O)c1cc2cc([N+](=O)[O-])ccc2o1. The second-order valence-electron chi connectivity index (χ2n) is 9.38. The van der Waals surface area contributed by atoms with Gasteiger partial charge in [0.1, 0.15) is 17.4 Å². The molecule has 0 aliphatic rings. The van der Waals surface area contributed by atoms with Gasteiger partial charge < -0.3 is 13.6 Å². The molecule has 0 aliphatic heterocycles. The zero-order valence-electron chi connectivity index (χ0n) is 22.1. The molecule has 0 spiro atoms. The van der Waals surface area contributed by atoms with Crippen LogP contribution >= 0.6 is 0 Å². The fraction of sp³-hybridized carbons (Fsp3) is 0.133. The highest BCUT2D eigenvalue weighted by molar-refractivity contribution is 5.86. The molecule has 6 rings (SSSR count). The highest BCUT2D eigenvalue weighted by atomic mass is 16.6. The Balaban J connectivity index is 1.42. The molecule has 4 heterocycles. The molecule has 6 aromatic rings. The molecular weight excluding hydrogens is 522 g/mol. The molecule has 0 aliphatic carbocycles. The van der Waals surface area contributed by atoms with Gasteiger partial charge in [0, 0.05) is 66.5 Å². The van der Waals surface area contributed by atoms with Crippen LogP contribution in [0.25, 0.3) is 27.9 Å². The molecule has 11 nitrogen and oxygen atoms in total. The minimum atomic E-state index is -0.572. The standard InChI is InChI=1S/C30H25N7O4/c1-2-35-27(21-6-8-24(9-7-21)34-14-13-31-19-34)18-33-30(35)26(17-23-5-3-4-12-32-23)36(20-38)29-16-22-15-25(37(39)40)10-11-28(22)41-29/h3-16,18-20,26H,2,17H2,1H3. The fourth-order valence-corrected chi connectivity index (χ4v) is 5.00. The quantitative estimate of drug-likeness (QED) is 0.121. The van der Waals surface area contributed by atoms with Gasteiger partial charge in [-0.15, -0.1) is 0 Å². The number of anilines is 1. The van der Waals surface area contributed by atoms with E-state index in [9.17, 15) is 14.9 Å². The van der Waals surface area contributed by atoms with Gasteiger partial charge in [0.25, 0.3) is 5.69 Å². The zero-order valence-corrected chi connectivity index (χ0v) is 22.1. The summed E-state index contributed by atoms with van der Waals surface area (Å²) in [5, 5.41) is 11.8. The molecule has 0 radical (unpaired) electrons. The Kier molecular flexibility index (Phi) is 6.82. The maximum absolute atomic E-state index is 12.7. The van der Waals surface area contributed by atoms with Gasteiger partial charge >= 0.3 is 0 Å². The van der Waals surface area contributed by atoms with Crippen molar-refractivity contribution < 1.29 is 14.1 Å². The molecule has 0 N–H and O–H groups in total. The summed E-state index contributed by atoms with van der Waals surface area (Å²) in [6, 6.07) is 19.1. The number of benzene rings is 2. The smallest absolute Gasteiger partial charge is 0.270 e. The van der Waals surface area contributed by atoms with E-state index in [2.05, 4.69) is 14.5 Å². The van der Waals surface area contributed by atoms with Crippen LogP contribution in [0.1, 0.15) is 24.5 Å². The number of nitro benzene ring substituents is 1. The van der Waals surface area contributed by atoms with Crippen molar-refractivity contribution >= 4 is 29.0 Å². The minimum absolute atomic E-state index is 0.0576. The summed E-state index contributed by atoms with van der Waals surface area (Å²) < 4.78 is 10.0. The lowest BCUT2D eigenvalue weighted by molar-refractivity contribution is -0.384. The van der Waals surface area contributed by atoms with Crippen LogP contribution in [0, 0.1) is 10.1 Å². The zero-order chi connectivity index (χ0) is 28.3. The van der Waals surface area contributed by atoms with Crippen molar-refractivity contribution in [2.24, 2.45) is 0 Å². The first kappa shape index (κ1) is 25.7. The predicted molar refractivity (Wildman–Crippen MR) is 153 cm³/mol. The number of hydrogen-bond acceptors (Lipinski definition) is 7. The lowest BCUT2D eigenvalue weighted by Gasteiger charge is -2.26. The lowest BCUT2D eigenvalue weighted by Crippen LogP contribution is -2.31. The second-order valence-corrected chi connectivity index (χ2v) is 9.38. The van der Waals surface area contributed by atoms with Crippen LogP contribution in [-0.2, 0) is 17.8 Å². The number of carbonyl (C=O) groups excluding carboxylic acids is 1. The fourth-order valence-electron chi connectivity index (χ4n) is 5.00. The molecule has 4 aromatic heterocycles. The average Bonchev–Trinajstić information content (AvgIpc) is 3.77. The van der Waals surface area contributed by atoms with Crippen molar-refractivity contribution in [2.45, 2.75) is 25.9 Å². The number of non-ortho nitro benzene ring substituents is 1. The lowest BCUT2D eigenvalue weighted by atomic mass is 10.1. The first-order chi connectivity index (χ1) is 20.1. The summed E-state index contributed by atoms with van der Waals surface area (Å²) in [6.45, 7) is 2.63. The van der Waals surface area contributed by atoms with Gasteiger partial charge in [-0.25, -0.2) is 9.97 Å². The van der Waals surface area contributed by atoms with Gasteiger partial charge in [-0.05, 0) is 42.8 Å². The van der Waals surface area contributed by atoms with Crippen LogP contribution in [0.2, 0.25) is 0 Å². The third-order valence-corrected chi connectivity index (χ3v) is 7.00. The number of imidazole rings is 2. The van der Waals surface area contributed by atoms with Crippen LogP contribution in [0.15, 0.2) is 102 Å². The van der Waals surface area contributed by atoms with Crippen LogP contribution in [0.5, 0.6) is 0 Å². The third kappa shape index (κ3) is 4.96. The number of fused-ring (bicyclic) bond motifs is 1. The Morgan fingerprint density at radius 2 is 1.93 bits per heavy atom. The summed E-state index contributed by atoms with van der Waals surface area (Å²) in [4.78, 5) is 38.4. The van der Waals surface area contributed by atoms with Crippen molar-refractivity contribution in [3.63, 3.8) is 0 Å². The Hall–Kier alpha value is -5.58. The molecular formula is C30H25N7O4. The van der Waals surface area contributed by atoms with Gasteiger partial charge in [0.15, 0.2) is 0 Å². The van der Waals surface area contributed by atoms with Gasteiger partial charge in [0.05, 0.1) is 23.1 Å². The number of aromatic nitrogens is 5. The van der Waals surface area contributed by atoms with Gasteiger partial charge in [0.2, 0.25) is 12.3 Å². The van der Waals surface area contributed by atoms with Crippen LogP contribution in [0.4, 0.5) is 11.6 Å². The maximum Gasteiger partial charge on any atom is 0.270 e. The number of pyridine rings is 1. The second kappa shape index (κ2) is 10.9. The summed E-state index contributed by atoms with van der Waals surface area (Å²) >= 11 is 0. The molecule has 1 amide bonds. The minimum Gasteiger partial charge on any atom is -0.440 e. The number of carbonyl (C=O) groups is 1. The van der Waals surface area contributed by atoms with E-state index in [4.69, 9.17) is 9.40 Å². The molecule has 2 aromatic carbocycles. The number of furan rings is 1. The number of nitrogens with zero attached hydrogens (tertiary/aromatic N) is 7. The molecule has 41 heavy (non-hydrogen) atoms. The average molecular weight is 548 g/mol. The molecule has 204 valence electrons. The van der Waals surface area contributed by atoms with Crippen molar-refractivity contribution in [1.29, 1.82) is 0 Å².